The van der Waals surface area contributed by atoms with Gasteiger partial charge in [-0.25, -0.2) is 9.78 Å². The van der Waals surface area contributed by atoms with Gasteiger partial charge in [-0.15, -0.1) is 0 Å². The van der Waals surface area contributed by atoms with E-state index in [0.717, 1.165) is 15.9 Å². The van der Waals surface area contributed by atoms with Crippen LogP contribution in [0.1, 0.15) is 43.9 Å². The lowest BCUT2D eigenvalue weighted by atomic mass is 10.1. The molecule has 2 unspecified atom stereocenters. The van der Waals surface area contributed by atoms with Crippen LogP contribution >= 0.6 is 11.5 Å². The number of aliphatic hydroxyl groups excluding tert-OH is 1. The molecule has 2 heterocycles. The van der Waals surface area contributed by atoms with Gasteiger partial charge in [-0.3, -0.25) is 14.6 Å². The number of aryl methyl sites for hydroxylation is 1. The number of amides is 2. The van der Waals surface area contributed by atoms with E-state index in [-0.39, 0.29) is 5.56 Å². The summed E-state index contributed by atoms with van der Waals surface area (Å²) in [7, 11) is 0. The Morgan fingerprint density at radius 3 is 2.53 bits per heavy atom. The Labute approximate surface area is 210 Å². The first-order valence-corrected chi connectivity index (χ1v) is 11.8. The van der Waals surface area contributed by atoms with Gasteiger partial charge in [0.15, 0.2) is 6.04 Å². The molecule has 36 heavy (non-hydrogen) atoms. The van der Waals surface area contributed by atoms with Crippen LogP contribution in [-0.2, 0) is 11.2 Å². The Morgan fingerprint density at radius 1 is 1.06 bits per heavy atom. The third-order valence-electron chi connectivity index (χ3n) is 5.42. The summed E-state index contributed by atoms with van der Waals surface area (Å²) in [5.41, 5.74) is 3.72. The fraction of sp³-hybridized carbons (Fsp3) is 0.200. The third-order valence-corrected chi connectivity index (χ3v) is 6.35. The van der Waals surface area contributed by atoms with Gasteiger partial charge in [0, 0.05) is 28.7 Å². The molecule has 0 radical (unpaired) electrons. The predicted octanol–water partition coefficient (Wildman–Crippen LogP) is 2.80. The van der Waals surface area contributed by atoms with Gasteiger partial charge in [0.25, 0.3) is 11.8 Å². The number of aliphatic hydroxyl groups is 1. The lowest BCUT2D eigenvalue weighted by Crippen LogP contribution is -2.47. The van der Waals surface area contributed by atoms with Crippen molar-refractivity contribution in [1.29, 1.82) is 0 Å². The van der Waals surface area contributed by atoms with Crippen molar-refractivity contribution in [3.8, 4) is 0 Å². The van der Waals surface area contributed by atoms with Crippen LogP contribution in [-0.4, -0.2) is 54.5 Å². The molecule has 0 aliphatic rings. The highest BCUT2D eigenvalue weighted by atomic mass is 32.1. The maximum absolute atomic E-state index is 13.2. The highest BCUT2D eigenvalue weighted by Crippen LogP contribution is 2.24. The van der Waals surface area contributed by atoms with Gasteiger partial charge >= 0.3 is 5.97 Å². The molecule has 11 heteroatoms. The number of aromatic nitrogens is 3. The molecule has 0 aliphatic carbocycles. The first kappa shape index (κ1) is 24.9. The number of hydrogen-bond acceptors (Lipinski definition) is 8. The Kier molecular flexibility index (Phi) is 7.32. The second kappa shape index (κ2) is 10.6. The third kappa shape index (κ3) is 5.53. The van der Waals surface area contributed by atoms with Crippen molar-refractivity contribution in [1.82, 2.24) is 19.7 Å². The lowest BCUT2D eigenvalue weighted by Gasteiger charge is -2.17. The van der Waals surface area contributed by atoms with Gasteiger partial charge < -0.3 is 20.8 Å². The molecule has 2 aromatic heterocycles. The summed E-state index contributed by atoms with van der Waals surface area (Å²) >= 11 is 1.21. The highest BCUT2D eigenvalue weighted by molar-refractivity contribution is 7.06. The number of nitrogens with one attached hydrogen (secondary N) is 2. The molecule has 0 saturated carbocycles. The standard InChI is InChI=1S/C25H23N5O5S/c1-13-21(20(36-30-13)11-17-12-26-18-8-3-4-9-19(18)27-17)24(33)28-16-7-5-6-15(10-16)23(32)29-22(14(2)31)25(34)35/h3-10,12,14,22,31H,11H2,1-2H3,(H,28,33)(H,29,32)(H,34,35). The van der Waals surface area contributed by atoms with Crippen LogP contribution in [0.25, 0.3) is 11.0 Å². The Hall–Kier alpha value is -4.22. The molecule has 0 fully saturated rings. The summed E-state index contributed by atoms with van der Waals surface area (Å²) in [5.74, 6) is -2.44. The molecular weight excluding hydrogens is 482 g/mol. The number of benzene rings is 2. The van der Waals surface area contributed by atoms with Gasteiger partial charge in [0.05, 0.1) is 34.1 Å². The Bertz CT molecular complexity index is 1450. The number of carbonyl (C=O) groups is 3. The predicted molar refractivity (Wildman–Crippen MR) is 134 cm³/mol. The van der Waals surface area contributed by atoms with Crippen LogP contribution < -0.4 is 10.6 Å². The smallest absolute Gasteiger partial charge is 0.328 e. The van der Waals surface area contributed by atoms with Crippen LogP contribution in [0.3, 0.4) is 0 Å². The topological polar surface area (TPSA) is 154 Å². The molecule has 2 atom stereocenters. The van der Waals surface area contributed by atoms with E-state index in [2.05, 4.69) is 25.0 Å². The lowest BCUT2D eigenvalue weighted by molar-refractivity contribution is -0.141. The zero-order chi connectivity index (χ0) is 25.8. The molecule has 0 bridgehead atoms. The summed E-state index contributed by atoms with van der Waals surface area (Å²) < 4.78 is 4.34. The van der Waals surface area contributed by atoms with Crippen molar-refractivity contribution < 1.29 is 24.6 Å². The molecule has 2 amide bonds. The first-order chi connectivity index (χ1) is 17.2. The molecule has 2 aromatic carbocycles. The quantitative estimate of drug-likeness (QED) is 0.285. The molecule has 184 valence electrons. The minimum absolute atomic E-state index is 0.131. The van der Waals surface area contributed by atoms with Gasteiger partial charge in [-0.1, -0.05) is 18.2 Å². The van der Waals surface area contributed by atoms with E-state index in [1.807, 2.05) is 24.3 Å². The fourth-order valence-corrected chi connectivity index (χ4v) is 4.50. The van der Waals surface area contributed by atoms with Crippen LogP contribution in [0.15, 0.2) is 54.7 Å². The molecular formula is C25H23N5O5S. The first-order valence-electron chi connectivity index (χ1n) is 11.0. The SMILES string of the molecule is Cc1nsc(Cc2cnc3ccccc3n2)c1C(=O)Nc1cccc(C(=O)NC(C(=O)O)C(C)O)c1. The van der Waals surface area contributed by atoms with Crippen LogP contribution in [0, 0.1) is 6.92 Å². The second-order valence-corrected chi connectivity index (χ2v) is 9.02. The van der Waals surface area contributed by atoms with Crippen molar-refractivity contribution >= 4 is 46.0 Å². The number of carboxylic acids is 1. The van der Waals surface area contributed by atoms with E-state index in [1.165, 1.54) is 30.6 Å². The van der Waals surface area contributed by atoms with E-state index >= 15 is 0 Å². The average molecular weight is 506 g/mol. The van der Waals surface area contributed by atoms with Crippen molar-refractivity contribution in [3.05, 3.63) is 82.1 Å². The number of hydrogen-bond donors (Lipinski definition) is 4. The molecule has 0 aliphatic heterocycles. The largest absolute Gasteiger partial charge is 0.480 e. The molecule has 4 aromatic rings. The van der Waals surface area contributed by atoms with E-state index in [4.69, 9.17) is 0 Å². The Morgan fingerprint density at radius 2 is 1.81 bits per heavy atom. The summed E-state index contributed by atoms with van der Waals surface area (Å²) in [6, 6.07) is 12.2. The van der Waals surface area contributed by atoms with Gasteiger partial charge in [0.1, 0.15) is 0 Å². The summed E-state index contributed by atoms with van der Waals surface area (Å²) in [6.45, 7) is 3.01. The maximum atomic E-state index is 13.2. The van der Waals surface area contributed by atoms with Gasteiger partial charge in [0.2, 0.25) is 0 Å². The van der Waals surface area contributed by atoms with Crippen LogP contribution in [0.4, 0.5) is 5.69 Å². The summed E-state index contributed by atoms with van der Waals surface area (Å²) in [5, 5.41) is 23.8. The zero-order valence-electron chi connectivity index (χ0n) is 19.4. The van der Waals surface area contributed by atoms with Crippen LogP contribution in [0.2, 0.25) is 0 Å². The van der Waals surface area contributed by atoms with Gasteiger partial charge in [-0.2, -0.15) is 4.37 Å². The number of para-hydroxylation sites is 2. The zero-order valence-corrected chi connectivity index (χ0v) is 20.2. The monoisotopic (exact) mass is 505 g/mol. The van der Waals surface area contributed by atoms with Crippen molar-refractivity contribution in [2.24, 2.45) is 0 Å². The minimum Gasteiger partial charge on any atom is -0.480 e. The molecule has 4 rings (SSSR count). The minimum atomic E-state index is -1.46. The van der Waals surface area contributed by atoms with E-state index in [1.54, 1.807) is 25.3 Å². The number of carboxylic acid groups (broad SMARTS) is 1. The van der Waals surface area contributed by atoms with E-state index < -0.39 is 29.9 Å². The number of fused-ring (bicyclic) bond motifs is 1. The molecule has 4 N–H and O–H groups in total. The summed E-state index contributed by atoms with van der Waals surface area (Å²) in [4.78, 5) is 46.7. The molecule has 0 spiro atoms. The number of rotatable bonds is 8. The number of anilines is 1. The number of carbonyl (C=O) groups excluding carboxylic acids is 2. The number of nitrogens with zero attached hydrogens (tertiary/aromatic N) is 3. The van der Waals surface area contributed by atoms with Crippen molar-refractivity contribution in [2.75, 3.05) is 5.32 Å². The van der Waals surface area contributed by atoms with Gasteiger partial charge in [-0.05, 0) is 55.7 Å². The molecule has 10 nitrogen and oxygen atoms in total. The number of aliphatic carboxylic acids is 1. The van der Waals surface area contributed by atoms with E-state index in [9.17, 15) is 24.6 Å². The molecule has 0 saturated heterocycles. The highest BCUT2D eigenvalue weighted by Gasteiger charge is 2.26. The normalized spacial score (nSPS) is 12.6. The Balaban J connectivity index is 1.51. The van der Waals surface area contributed by atoms with Crippen molar-refractivity contribution in [2.45, 2.75) is 32.4 Å². The van der Waals surface area contributed by atoms with Crippen LogP contribution in [0.5, 0.6) is 0 Å². The second-order valence-electron chi connectivity index (χ2n) is 8.16. The van der Waals surface area contributed by atoms with E-state index in [0.29, 0.717) is 29.1 Å². The van der Waals surface area contributed by atoms with Crippen molar-refractivity contribution in [3.63, 3.8) is 0 Å². The fourth-order valence-electron chi connectivity index (χ4n) is 3.62. The summed E-state index contributed by atoms with van der Waals surface area (Å²) in [6.07, 6.45) is 0.776. The average Bonchev–Trinajstić information content (AvgIpc) is 3.21. The maximum Gasteiger partial charge on any atom is 0.328 e.